The maximum atomic E-state index is 13.6. The van der Waals surface area contributed by atoms with E-state index in [0.717, 1.165) is 36.4 Å². The molecule has 7 heteroatoms. The van der Waals surface area contributed by atoms with Crippen molar-refractivity contribution >= 4 is 0 Å². The van der Waals surface area contributed by atoms with E-state index in [0.29, 0.717) is 0 Å². The number of halogens is 5. The molecular weight excluding hydrogens is 283 g/mol. The number of ether oxygens (including phenoxy) is 1. The van der Waals surface area contributed by atoms with Gasteiger partial charge in [0.05, 0.1) is 0 Å². The van der Waals surface area contributed by atoms with E-state index >= 15 is 0 Å². The predicted molar refractivity (Wildman–Crippen MR) is 60.1 cm³/mol. The molecule has 2 aromatic carbocycles. The summed E-state index contributed by atoms with van der Waals surface area (Å²) in [5.74, 6) is -4.02. The monoisotopic (exact) mass is 290 g/mol. The van der Waals surface area contributed by atoms with Gasteiger partial charge in [0.25, 0.3) is 0 Å². The van der Waals surface area contributed by atoms with Crippen molar-refractivity contribution in [3.8, 4) is 22.6 Å². The molecule has 0 bridgehead atoms. The molecule has 20 heavy (non-hydrogen) atoms. The Balaban J connectivity index is 2.33. The Morgan fingerprint density at radius 2 is 1.45 bits per heavy atom. The maximum Gasteiger partial charge on any atom is 0.573 e. The molecule has 0 unspecified atom stereocenters. The van der Waals surface area contributed by atoms with Crippen LogP contribution < -0.4 is 4.74 Å². The molecule has 106 valence electrons. The first kappa shape index (κ1) is 14.1. The molecule has 0 amide bonds. The first-order chi connectivity index (χ1) is 9.28. The largest absolute Gasteiger partial charge is 0.573 e. The highest BCUT2D eigenvalue weighted by Crippen LogP contribution is 2.31. The quantitative estimate of drug-likeness (QED) is 0.838. The van der Waals surface area contributed by atoms with Crippen molar-refractivity contribution < 1.29 is 31.8 Å². The van der Waals surface area contributed by atoms with E-state index in [1.54, 1.807) is 0 Å². The molecule has 0 heterocycles. The van der Waals surface area contributed by atoms with Gasteiger partial charge in [0, 0.05) is 5.56 Å². The third-order valence-corrected chi connectivity index (χ3v) is 2.46. The molecule has 0 saturated carbocycles. The summed E-state index contributed by atoms with van der Waals surface area (Å²) in [7, 11) is 0. The minimum Gasteiger partial charge on any atom is -0.505 e. The fourth-order valence-electron chi connectivity index (χ4n) is 1.60. The van der Waals surface area contributed by atoms with Crippen LogP contribution >= 0.6 is 0 Å². The van der Waals surface area contributed by atoms with Crippen molar-refractivity contribution in [3.05, 3.63) is 48.0 Å². The van der Waals surface area contributed by atoms with E-state index in [4.69, 9.17) is 5.11 Å². The molecule has 0 aliphatic heterocycles. The molecule has 0 aliphatic carbocycles. The summed E-state index contributed by atoms with van der Waals surface area (Å²) in [5, 5.41) is 8.98. The van der Waals surface area contributed by atoms with E-state index < -0.39 is 29.5 Å². The van der Waals surface area contributed by atoms with E-state index in [-0.39, 0.29) is 11.1 Å². The van der Waals surface area contributed by atoms with Gasteiger partial charge in [-0.3, -0.25) is 0 Å². The van der Waals surface area contributed by atoms with Crippen molar-refractivity contribution in [1.29, 1.82) is 0 Å². The summed E-state index contributed by atoms with van der Waals surface area (Å²) in [4.78, 5) is 0. The normalized spacial score (nSPS) is 11.4. The van der Waals surface area contributed by atoms with Gasteiger partial charge in [0.2, 0.25) is 5.82 Å². The van der Waals surface area contributed by atoms with E-state index in [1.165, 1.54) is 0 Å². The summed E-state index contributed by atoms with van der Waals surface area (Å²) >= 11 is 0. The Bertz CT molecular complexity index is 620. The number of phenols is 1. The second kappa shape index (κ2) is 4.99. The average Bonchev–Trinajstić information content (AvgIpc) is 2.36. The molecule has 0 saturated heterocycles. The number of phenolic OH excluding ortho intramolecular Hbond substituents is 1. The van der Waals surface area contributed by atoms with Crippen LogP contribution in [0.5, 0.6) is 11.5 Å². The van der Waals surface area contributed by atoms with Crippen LogP contribution in [0, 0.1) is 11.6 Å². The second-order valence-corrected chi connectivity index (χ2v) is 3.83. The highest BCUT2D eigenvalue weighted by molar-refractivity contribution is 5.66. The van der Waals surface area contributed by atoms with Gasteiger partial charge in [-0.25, -0.2) is 4.39 Å². The lowest BCUT2D eigenvalue weighted by molar-refractivity contribution is -0.274. The van der Waals surface area contributed by atoms with Gasteiger partial charge >= 0.3 is 6.36 Å². The molecule has 1 N–H and O–H groups in total. The molecule has 0 aromatic heterocycles. The first-order valence-electron chi connectivity index (χ1n) is 5.31. The molecule has 0 spiro atoms. The van der Waals surface area contributed by atoms with Crippen LogP contribution in [0.1, 0.15) is 0 Å². The molecule has 0 radical (unpaired) electrons. The summed E-state index contributed by atoms with van der Waals surface area (Å²) in [5.41, 5.74) is -0.0326. The van der Waals surface area contributed by atoms with Crippen molar-refractivity contribution in [2.75, 3.05) is 0 Å². The number of benzene rings is 2. The van der Waals surface area contributed by atoms with Crippen LogP contribution in [-0.2, 0) is 0 Å². The SMILES string of the molecule is Oc1ccc(-c2ccc(OC(F)(F)F)cc2)c(F)c1F. The number of alkyl halides is 3. The number of hydrogen-bond donors (Lipinski definition) is 1. The predicted octanol–water partition coefficient (Wildman–Crippen LogP) is 4.24. The Kier molecular flexibility index (Phi) is 3.52. The Morgan fingerprint density at radius 1 is 0.850 bits per heavy atom. The Hall–Kier alpha value is -2.31. The molecule has 0 atom stereocenters. The Morgan fingerprint density at radius 3 is 2.00 bits per heavy atom. The zero-order valence-corrected chi connectivity index (χ0v) is 9.71. The summed E-state index contributed by atoms with van der Waals surface area (Å²) < 4.78 is 66.3. The van der Waals surface area contributed by atoms with Crippen LogP contribution in [0.3, 0.4) is 0 Å². The van der Waals surface area contributed by atoms with Crippen LogP contribution in [0.15, 0.2) is 36.4 Å². The number of hydrogen-bond acceptors (Lipinski definition) is 2. The third kappa shape index (κ3) is 2.98. The van der Waals surface area contributed by atoms with Gasteiger partial charge in [-0.1, -0.05) is 12.1 Å². The Labute approximate surface area is 110 Å². The minimum atomic E-state index is -4.82. The van der Waals surface area contributed by atoms with Crippen LogP contribution in [0.25, 0.3) is 11.1 Å². The van der Waals surface area contributed by atoms with Crippen molar-refractivity contribution in [2.24, 2.45) is 0 Å². The molecular formula is C13H7F5O2. The fourth-order valence-corrected chi connectivity index (χ4v) is 1.60. The van der Waals surface area contributed by atoms with Crippen molar-refractivity contribution in [2.45, 2.75) is 6.36 Å². The lowest BCUT2D eigenvalue weighted by atomic mass is 10.0. The highest BCUT2D eigenvalue weighted by atomic mass is 19.4. The van der Waals surface area contributed by atoms with Gasteiger partial charge < -0.3 is 9.84 Å². The number of rotatable bonds is 2. The van der Waals surface area contributed by atoms with Crippen LogP contribution in [-0.4, -0.2) is 11.5 Å². The second-order valence-electron chi connectivity index (χ2n) is 3.83. The van der Waals surface area contributed by atoms with Gasteiger partial charge in [-0.2, -0.15) is 4.39 Å². The van der Waals surface area contributed by atoms with Crippen LogP contribution in [0.2, 0.25) is 0 Å². The van der Waals surface area contributed by atoms with E-state index in [9.17, 15) is 22.0 Å². The lowest BCUT2D eigenvalue weighted by Crippen LogP contribution is -2.16. The standard InChI is InChI=1S/C13H7F5O2/c14-11-9(5-6-10(19)12(11)15)7-1-3-8(4-2-7)20-13(16,17)18/h1-6,19H. The van der Waals surface area contributed by atoms with Crippen molar-refractivity contribution in [1.82, 2.24) is 0 Å². The molecule has 0 aliphatic rings. The molecule has 2 nitrogen and oxygen atoms in total. The van der Waals surface area contributed by atoms with Gasteiger partial charge in [0.15, 0.2) is 11.6 Å². The van der Waals surface area contributed by atoms with Gasteiger partial charge in [0.1, 0.15) is 5.75 Å². The topological polar surface area (TPSA) is 29.5 Å². The fraction of sp³-hybridized carbons (Fsp3) is 0.0769. The molecule has 0 fully saturated rings. The van der Waals surface area contributed by atoms with Gasteiger partial charge in [-0.05, 0) is 29.8 Å². The van der Waals surface area contributed by atoms with Gasteiger partial charge in [-0.15, -0.1) is 13.2 Å². The molecule has 2 aromatic rings. The van der Waals surface area contributed by atoms with E-state index in [1.807, 2.05) is 0 Å². The van der Waals surface area contributed by atoms with E-state index in [2.05, 4.69) is 4.74 Å². The zero-order valence-electron chi connectivity index (χ0n) is 9.71. The van der Waals surface area contributed by atoms with Crippen molar-refractivity contribution in [3.63, 3.8) is 0 Å². The minimum absolute atomic E-state index is 0.149. The van der Waals surface area contributed by atoms with Crippen LogP contribution in [0.4, 0.5) is 22.0 Å². The third-order valence-electron chi connectivity index (χ3n) is 2.46. The molecule has 2 rings (SSSR count). The maximum absolute atomic E-state index is 13.6. The zero-order chi connectivity index (χ0) is 14.9. The smallest absolute Gasteiger partial charge is 0.505 e. The average molecular weight is 290 g/mol. The lowest BCUT2D eigenvalue weighted by Gasteiger charge is -2.10. The summed E-state index contributed by atoms with van der Waals surface area (Å²) in [6, 6.07) is 6.33. The summed E-state index contributed by atoms with van der Waals surface area (Å²) in [6.07, 6.45) is -4.82. The first-order valence-corrected chi connectivity index (χ1v) is 5.31. The summed E-state index contributed by atoms with van der Waals surface area (Å²) in [6.45, 7) is 0. The highest BCUT2D eigenvalue weighted by Gasteiger charge is 2.31. The number of aromatic hydroxyl groups is 1.